The second-order valence-corrected chi connectivity index (χ2v) is 21.4. The predicted octanol–water partition coefficient (Wildman–Crippen LogP) is 8.77. The van der Waals surface area contributed by atoms with Gasteiger partial charge in [-0.15, -0.1) is 0 Å². The van der Waals surface area contributed by atoms with Gasteiger partial charge in [-0.05, 0) is 112 Å². The van der Waals surface area contributed by atoms with E-state index in [9.17, 15) is 9.59 Å². The molecule has 0 aliphatic heterocycles. The van der Waals surface area contributed by atoms with Crippen molar-refractivity contribution >= 4 is 42.7 Å². The van der Waals surface area contributed by atoms with E-state index in [0.29, 0.717) is 29.5 Å². The smallest absolute Gasteiger partial charge is 0.302 e. The van der Waals surface area contributed by atoms with E-state index in [1.165, 1.54) is 31.8 Å². The zero-order valence-corrected chi connectivity index (χ0v) is 29.5. The molecule has 4 rings (SSSR count). The first-order valence-corrected chi connectivity index (χ1v) is 20.4. The van der Waals surface area contributed by atoms with E-state index in [1.807, 2.05) is 0 Å². The van der Waals surface area contributed by atoms with Gasteiger partial charge in [-0.3, -0.25) is 9.59 Å². The van der Waals surface area contributed by atoms with Gasteiger partial charge in [-0.2, -0.15) is 0 Å². The van der Waals surface area contributed by atoms with Gasteiger partial charge in [0, 0.05) is 21.8 Å². The van der Waals surface area contributed by atoms with E-state index in [1.54, 1.807) is 0 Å². The summed E-state index contributed by atoms with van der Waals surface area (Å²) < 4.78 is 12.9. The minimum Gasteiger partial charge on any atom is -0.463 e. The molecule has 2 saturated carbocycles. The number of carbonyl (C=O) groups excluding carboxylic acids is 2. The number of ether oxygens (including phenoxy) is 1. The summed E-state index contributed by atoms with van der Waals surface area (Å²) in [6.07, 6.45) is 8.25. The standard InChI is InChI=1S/C33H55IO4Si/c1-19(2)20(3)17-23-11-12-25(21(23)4)33(7)16-14-26-28(31(33)36)30(38-39(8,9)10)29(34)27-18-24(37-22(5)35)13-15-32(26,27)6/h19-21,23-25,27,29-30H,11-18H2,1-10H3/t20-,21+,23+,24-,25+,27+,29+,30+,32+,33+/m0/s1. The zero-order valence-electron chi connectivity index (χ0n) is 26.4. The quantitative estimate of drug-likeness (QED) is 0.118. The number of halogens is 1. The first kappa shape index (κ1) is 31.7. The molecule has 39 heavy (non-hydrogen) atoms. The Balaban J connectivity index is 1.69. The van der Waals surface area contributed by atoms with Gasteiger partial charge in [0.25, 0.3) is 0 Å². The Hall–Kier alpha value is -0.213. The largest absolute Gasteiger partial charge is 0.463 e. The average molecular weight is 671 g/mol. The minimum absolute atomic E-state index is 0.0232. The lowest BCUT2D eigenvalue weighted by atomic mass is 9.51. The molecule has 0 spiro atoms. The van der Waals surface area contributed by atoms with Crippen molar-refractivity contribution in [2.75, 3.05) is 0 Å². The maximum absolute atomic E-state index is 14.9. The third kappa shape index (κ3) is 6.00. The zero-order chi connectivity index (χ0) is 29.1. The van der Waals surface area contributed by atoms with Crippen LogP contribution in [0.5, 0.6) is 0 Å². The lowest BCUT2D eigenvalue weighted by molar-refractivity contribution is -0.150. The Bertz CT molecular complexity index is 985. The highest BCUT2D eigenvalue weighted by Crippen LogP contribution is 2.62. The Morgan fingerprint density at radius 2 is 1.72 bits per heavy atom. The Morgan fingerprint density at radius 1 is 1.05 bits per heavy atom. The summed E-state index contributed by atoms with van der Waals surface area (Å²) in [4.78, 5) is 26.7. The number of hydrogen-bond donors (Lipinski definition) is 0. The highest BCUT2D eigenvalue weighted by Gasteiger charge is 2.60. The minimum atomic E-state index is -1.92. The van der Waals surface area contributed by atoms with Crippen LogP contribution in [-0.4, -0.2) is 36.2 Å². The van der Waals surface area contributed by atoms with Gasteiger partial charge in [-0.25, -0.2) is 0 Å². The van der Waals surface area contributed by atoms with Crippen molar-refractivity contribution in [2.45, 2.75) is 136 Å². The molecule has 0 amide bonds. The summed E-state index contributed by atoms with van der Waals surface area (Å²) in [6, 6.07) is 0. The number of rotatable bonds is 7. The van der Waals surface area contributed by atoms with Gasteiger partial charge in [0.05, 0.1) is 6.10 Å². The Labute approximate surface area is 253 Å². The van der Waals surface area contributed by atoms with Gasteiger partial charge in [0.2, 0.25) is 0 Å². The van der Waals surface area contributed by atoms with Crippen LogP contribution >= 0.6 is 22.6 Å². The van der Waals surface area contributed by atoms with Crippen molar-refractivity contribution in [3.63, 3.8) is 0 Å². The van der Waals surface area contributed by atoms with Crippen LogP contribution in [-0.2, 0) is 18.8 Å². The summed E-state index contributed by atoms with van der Waals surface area (Å²) >= 11 is 2.60. The molecule has 0 N–H and O–H groups in total. The molecule has 0 aromatic rings. The molecule has 4 aliphatic carbocycles. The first-order chi connectivity index (χ1) is 18.0. The topological polar surface area (TPSA) is 52.6 Å². The average Bonchev–Trinajstić information content (AvgIpc) is 3.19. The number of Topliss-reactive ketones (excluding diaryl/α,β-unsaturated/α-hetero) is 1. The van der Waals surface area contributed by atoms with E-state index in [0.717, 1.165) is 49.5 Å². The van der Waals surface area contributed by atoms with Crippen molar-refractivity contribution in [1.82, 2.24) is 0 Å². The van der Waals surface area contributed by atoms with Crippen LogP contribution < -0.4 is 0 Å². The number of hydrogen-bond acceptors (Lipinski definition) is 4. The van der Waals surface area contributed by atoms with Crippen molar-refractivity contribution in [3.05, 3.63) is 11.1 Å². The molecule has 6 heteroatoms. The van der Waals surface area contributed by atoms with Crippen LogP contribution in [0.15, 0.2) is 11.1 Å². The molecule has 4 aliphatic rings. The number of fused-ring (bicyclic) bond motifs is 2. The van der Waals surface area contributed by atoms with Gasteiger partial charge in [0.15, 0.2) is 14.1 Å². The molecule has 0 radical (unpaired) electrons. The third-order valence-electron chi connectivity index (χ3n) is 11.6. The molecular formula is C33H55IO4Si. The number of allylic oxidation sites excluding steroid dienone is 1. The summed E-state index contributed by atoms with van der Waals surface area (Å²) in [5.41, 5.74) is 2.12. The molecule has 0 bridgehead atoms. The molecule has 2 fully saturated rings. The van der Waals surface area contributed by atoms with Crippen LogP contribution in [0.1, 0.15) is 99.8 Å². The summed E-state index contributed by atoms with van der Waals surface area (Å²) in [7, 11) is -1.92. The normalized spacial score (nSPS) is 41.8. The molecule has 0 unspecified atom stereocenters. The van der Waals surface area contributed by atoms with Crippen molar-refractivity contribution < 1.29 is 18.8 Å². The van der Waals surface area contributed by atoms with Crippen LogP contribution in [0, 0.1) is 46.3 Å². The molecule has 0 saturated heterocycles. The van der Waals surface area contributed by atoms with Gasteiger partial charge in [-0.1, -0.05) is 69.7 Å². The summed E-state index contributed by atoms with van der Waals surface area (Å²) in [6.45, 7) is 22.5. The maximum atomic E-state index is 14.9. The van der Waals surface area contributed by atoms with Gasteiger partial charge in [0.1, 0.15) is 6.10 Å². The number of esters is 1. The fraction of sp³-hybridized carbons (Fsp3) is 0.879. The van der Waals surface area contributed by atoms with E-state index in [4.69, 9.17) is 9.16 Å². The SMILES string of the molecule is CC(=O)O[C@H]1CC[C@]2(C)C3=C(C(=O)[C@@](C)([C@@H]4CC[C@H](C[C@H](C)C(C)C)[C@H]4C)CC3)[C@@H](O[Si](C)(C)C)[C@H](I)[C@H]2C1. The maximum Gasteiger partial charge on any atom is 0.302 e. The van der Waals surface area contributed by atoms with E-state index in [2.05, 4.69) is 83.8 Å². The van der Waals surface area contributed by atoms with E-state index < -0.39 is 8.32 Å². The first-order valence-electron chi connectivity index (χ1n) is 15.8. The van der Waals surface area contributed by atoms with Crippen molar-refractivity contribution in [3.8, 4) is 0 Å². The van der Waals surface area contributed by atoms with Crippen molar-refractivity contribution in [2.24, 2.45) is 46.3 Å². The predicted molar refractivity (Wildman–Crippen MR) is 170 cm³/mol. The highest BCUT2D eigenvalue weighted by atomic mass is 127. The monoisotopic (exact) mass is 670 g/mol. The molecule has 0 heterocycles. The fourth-order valence-electron chi connectivity index (χ4n) is 8.93. The molecular weight excluding hydrogens is 615 g/mol. The second kappa shape index (κ2) is 11.5. The fourth-order valence-corrected chi connectivity index (χ4v) is 11.8. The number of ketones is 1. The molecule has 4 nitrogen and oxygen atoms in total. The van der Waals surface area contributed by atoms with Crippen LogP contribution in [0.25, 0.3) is 0 Å². The summed E-state index contributed by atoms with van der Waals surface area (Å²) in [5.74, 6) is 3.77. The highest BCUT2D eigenvalue weighted by molar-refractivity contribution is 14.1. The Morgan fingerprint density at radius 3 is 2.31 bits per heavy atom. The third-order valence-corrected chi connectivity index (χ3v) is 14.1. The van der Waals surface area contributed by atoms with Crippen LogP contribution in [0.3, 0.4) is 0 Å². The summed E-state index contributed by atoms with van der Waals surface area (Å²) in [5, 5.41) is 0. The second-order valence-electron chi connectivity index (χ2n) is 15.5. The van der Waals surface area contributed by atoms with Crippen molar-refractivity contribution in [1.29, 1.82) is 0 Å². The van der Waals surface area contributed by atoms with E-state index in [-0.39, 0.29) is 32.9 Å². The number of carbonyl (C=O) groups is 2. The van der Waals surface area contributed by atoms with Crippen LogP contribution in [0.2, 0.25) is 19.6 Å². The lowest BCUT2D eigenvalue weighted by Gasteiger charge is -2.57. The Kier molecular flexibility index (Phi) is 9.32. The van der Waals surface area contributed by atoms with E-state index >= 15 is 0 Å². The lowest BCUT2D eigenvalue weighted by Crippen LogP contribution is -2.58. The van der Waals surface area contributed by atoms with Crippen LogP contribution in [0.4, 0.5) is 0 Å². The molecule has 0 aromatic carbocycles. The molecule has 222 valence electrons. The molecule has 10 atom stereocenters. The van der Waals surface area contributed by atoms with Gasteiger partial charge >= 0.3 is 5.97 Å². The number of alkyl halides is 1. The molecule has 0 aromatic heterocycles. The van der Waals surface area contributed by atoms with Gasteiger partial charge < -0.3 is 9.16 Å².